The summed E-state index contributed by atoms with van der Waals surface area (Å²) in [6.45, 7) is 0. The Labute approximate surface area is 60.0 Å². The lowest BCUT2D eigenvalue weighted by atomic mass is 11.0. The predicted octanol–water partition coefficient (Wildman–Crippen LogP) is 0.918. The molecule has 2 nitrogen and oxygen atoms in total. The molecule has 0 aliphatic carbocycles. The summed E-state index contributed by atoms with van der Waals surface area (Å²) in [5.74, 6) is 0. The van der Waals surface area contributed by atoms with E-state index in [0.717, 1.165) is 0 Å². The van der Waals surface area contributed by atoms with E-state index in [2.05, 4.69) is 12.2 Å². The maximum absolute atomic E-state index is 5.44. The summed E-state index contributed by atoms with van der Waals surface area (Å²) in [4.78, 5) is 0. The lowest BCUT2D eigenvalue weighted by molar-refractivity contribution is 0.152. The van der Waals surface area contributed by atoms with Crippen molar-refractivity contribution < 1.29 is 0 Å². The maximum Gasteiger partial charge on any atom is 0.184 e. The molecule has 0 radical (unpaired) electrons. The number of hydrazine groups is 1. The largest absolute Gasteiger partial charge is 0.290 e. The molecule has 0 spiro atoms. The van der Waals surface area contributed by atoms with Gasteiger partial charge in [-0.25, -0.2) is 5.01 Å². The van der Waals surface area contributed by atoms with Crippen LogP contribution in [0.4, 0.5) is 0 Å². The van der Waals surface area contributed by atoms with Crippen molar-refractivity contribution in [2.75, 3.05) is 21.1 Å². The van der Waals surface area contributed by atoms with E-state index in [1.807, 2.05) is 14.1 Å². The topological polar surface area (TPSA) is 6.48 Å². The van der Waals surface area contributed by atoms with E-state index in [-0.39, 0.29) is 0 Å². The summed E-state index contributed by atoms with van der Waals surface area (Å²) in [7, 11) is 5.54. The van der Waals surface area contributed by atoms with Gasteiger partial charge in [0.25, 0.3) is 0 Å². The Morgan fingerprint density at radius 1 is 1.38 bits per heavy atom. The Morgan fingerprint density at radius 3 is 1.75 bits per heavy atom. The van der Waals surface area contributed by atoms with Gasteiger partial charge >= 0.3 is 0 Å². The molecule has 0 saturated heterocycles. The van der Waals surface area contributed by atoms with Crippen LogP contribution in [-0.4, -0.2) is 35.6 Å². The smallest absolute Gasteiger partial charge is 0.184 e. The molecule has 0 aromatic carbocycles. The van der Waals surface area contributed by atoms with E-state index >= 15 is 0 Å². The number of thiocarbonyl (C=S) groups is 1. The van der Waals surface area contributed by atoms with Crippen LogP contribution in [0.1, 0.15) is 0 Å². The van der Waals surface area contributed by atoms with E-state index in [1.54, 1.807) is 17.1 Å². The number of hydrogen-bond acceptors (Lipinski definition) is 2. The number of nitrogens with zero attached hydrogens (tertiary/aromatic N) is 2. The van der Waals surface area contributed by atoms with E-state index in [0.29, 0.717) is 4.45 Å². The van der Waals surface area contributed by atoms with Crippen molar-refractivity contribution in [2.24, 2.45) is 0 Å². The van der Waals surface area contributed by atoms with Crippen molar-refractivity contribution in [1.82, 2.24) is 10.0 Å². The van der Waals surface area contributed by atoms with Crippen LogP contribution in [0, 0.1) is 0 Å². The number of hydrogen-bond donors (Lipinski definition) is 0. The second-order valence-electron chi connectivity index (χ2n) is 1.62. The maximum atomic E-state index is 5.44. The van der Waals surface area contributed by atoms with E-state index < -0.39 is 0 Å². The van der Waals surface area contributed by atoms with Gasteiger partial charge in [0.15, 0.2) is 4.45 Å². The Balaban J connectivity index is 3.64. The average molecular weight is 153 g/mol. The number of halogens is 1. The fourth-order valence-corrected chi connectivity index (χ4v) is 0.472. The van der Waals surface area contributed by atoms with Crippen molar-refractivity contribution in [3.63, 3.8) is 0 Å². The molecule has 0 aromatic rings. The molecule has 0 aliphatic rings. The third-order valence-electron chi connectivity index (χ3n) is 0.854. The van der Waals surface area contributed by atoms with Crippen molar-refractivity contribution in [1.29, 1.82) is 0 Å². The molecule has 0 saturated carbocycles. The average Bonchev–Trinajstić information content (AvgIpc) is 1.64. The molecule has 0 aromatic heterocycles. The molecule has 0 unspecified atom stereocenters. The summed E-state index contributed by atoms with van der Waals surface area (Å²) in [6, 6.07) is 0. The minimum absolute atomic E-state index is 0.356. The van der Waals surface area contributed by atoms with Crippen LogP contribution in [0.15, 0.2) is 0 Å². The van der Waals surface area contributed by atoms with Crippen LogP contribution in [0.25, 0.3) is 0 Å². The van der Waals surface area contributed by atoms with Gasteiger partial charge in [-0.05, 0) is 12.2 Å². The zero-order valence-corrected chi connectivity index (χ0v) is 6.75. The highest BCUT2D eigenvalue weighted by atomic mass is 35.5. The monoisotopic (exact) mass is 152 g/mol. The highest BCUT2D eigenvalue weighted by molar-refractivity contribution is 7.83. The van der Waals surface area contributed by atoms with E-state index in [1.165, 1.54) is 0 Å². The van der Waals surface area contributed by atoms with Gasteiger partial charge in [-0.15, -0.1) is 0 Å². The third-order valence-corrected chi connectivity index (χ3v) is 1.36. The first kappa shape index (κ1) is 8.14. The Hall–Kier alpha value is 0.140. The molecular formula is C4H9ClN2S. The van der Waals surface area contributed by atoms with Crippen LogP contribution in [0.3, 0.4) is 0 Å². The van der Waals surface area contributed by atoms with E-state index in [4.69, 9.17) is 11.6 Å². The minimum Gasteiger partial charge on any atom is -0.290 e. The lowest BCUT2D eigenvalue weighted by Gasteiger charge is -2.22. The normalized spacial score (nSPS) is 9.62. The zero-order chi connectivity index (χ0) is 6.73. The third kappa shape index (κ3) is 2.45. The van der Waals surface area contributed by atoms with Crippen LogP contribution in [-0.2, 0) is 0 Å². The zero-order valence-electron chi connectivity index (χ0n) is 5.18. The Kier molecular flexibility index (Phi) is 3.28. The second-order valence-corrected chi connectivity index (χ2v) is 2.59. The molecule has 8 heavy (non-hydrogen) atoms. The van der Waals surface area contributed by atoms with Gasteiger partial charge in [0, 0.05) is 21.1 Å². The Bertz CT molecular complexity index is 94.0. The standard InChI is InChI=1S/C4H9ClN2S/c1-6(2)7(3)4(5)8/h1-3H3. The summed E-state index contributed by atoms with van der Waals surface area (Å²) < 4.78 is 0.356. The Morgan fingerprint density at radius 2 is 1.75 bits per heavy atom. The molecule has 0 rings (SSSR count). The molecular weight excluding hydrogens is 144 g/mol. The first-order valence-electron chi connectivity index (χ1n) is 2.16. The summed E-state index contributed by atoms with van der Waals surface area (Å²) in [6.07, 6.45) is 0. The molecule has 4 heteroatoms. The van der Waals surface area contributed by atoms with Gasteiger partial charge < -0.3 is 0 Å². The SMILES string of the molecule is CN(C)N(C)C(=S)Cl. The predicted molar refractivity (Wildman–Crippen MR) is 39.9 cm³/mol. The molecule has 0 bridgehead atoms. The van der Waals surface area contributed by atoms with Gasteiger partial charge in [0.05, 0.1) is 0 Å². The molecule has 0 atom stereocenters. The number of rotatable bonds is 1. The van der Waals surface area contributed by atoms with Gasteiger partial charge in [0.1, 0.15) is 0 Å². The van der Waals surface area contributed by atoms with Gasteiger partial charge in [-0.1, -0.05) is 11.6 Å². The van der Waals surface area contributed by atoms with Crippen LogP contribution >= 0.6 is 23.8 Å². The molecule has 0 amide bonds. The van der Waals surface area contributed by atoms with Gasteiger partial charge in [-0.2, -0.15) is 0 Å². The van der Waals surface area contributed by atoms with Crippen LogP contribution < -0.4 is 0 Å². The van der Waals surface area contributed by atoms with Gasteiger partial charge in [-0.3, -0.25) is 5.01 Å². The van der Waals surface area contributed by atoms with Crippen molar-refractivity contribution in [3.05, 3.63) is 0 Å². The van der Waals surface area contributed by atoms with Crippen molar-refractivity contribution >= 4 is 28.3 Å². The molecule has 0 heterocycles. The summed E-state index contributed by atoms with van der Waals surface area (Å²) >= 11 is 10.1. The van der Waals surface area contributed by atoms with Crippen molar-refractivity contribution in [2.45, 2.75) is 0 Å². The fourth-order valence-electron chi connectivity index (χ4n) is 0.157. The molecule has 0 aliphatic heterocycles. The minimum atomic E-state index is 0.356. The first-order valence-corrected chi connectivity index (χ1v) is 2.94. The highest BCUT2D eigenvalue weighted by Gasteiger charge is 1.99. The molecule has 0 N–H and O–H groups in total. The van der Waals surface area contributed by atoms with Crippen LogP contribution in [0.2, 0.25) is 0 Å². The molecule has 0 fully saturated rings. The van der Waals surface area contributed by atoms with E-state index in [9.17, 15) is 0 Å². The summed E-state index contributed by atoms with van der Waals surface area (Å²) in [5.41, 5.74) is 0. The van der Waals surface area contributed by atoms with Crippen LogP contribution in [0.5, 0.6) is 0 Å². The first-order chi connectivity index (χ1) is 3.55. The fraction of sp³-hybridized carbons (Fsp3) is 0.750. The quantitative estimate of drug-likeness (QED) is 0.239. The summed E-state index contributed by atoms with van der Waals surface area (Å²) in [5, 5.41) is 3.46. The molecule has 48 valence electrons. The van der Waals surface area contributed by atoms with Crippen molar-refractivity contribution in [3.8, 4) is 0 Å². The van der Waals surface area contributed by atoms with Gasteiger partial charge in [0.2, 0.25) is 0 Å². The lowest BCUT2D eigenvalue weighted by Crippen LogP contribution is -2.34. The highest BCUT2D eigenvalue weighted by Crippen LogP contribution is 1.93. The second kappa shape index (κ2) is 3.22.